The van der Waals surface area contributed by atoms with Crippen molar-refractivity contribution in [3.05, 3.63) is 11.1 Å². The molecule has 2 rings (SSSR count). The molecule has 2 heterocycles. The van der Waals surface area contributed by atoms with Gasteiger partial charge in [-0.25, -0.2) is 9.78 Å². The zero-order valence-corrected chi connectivity index (χ0v) is 14.9. The molecule has 0 unspecified atom stereocenters. The third kappa shape index (κ3) is 4.92. The van der Waals surface area contributed by atoms with E-state index in [-0.39, 0.29) is 23.9 Å². The molecule has 7 heteroatoms. The van der Waals surface area contributed by atoms with Gasteiger partial charge in [0, 0.05) is 36.1 Å². The van der Waals surface area contributed by atoms with Crippen LogP contribution in [0.4, 0.5) is 9.93 Å². The zero-order chi connectivity index (χ0) is 16.8. The van der Waals surface area contributed by atoms with Gasteiger partial charge in [0.2, 0.25) is 5.91 Å². The second-order valence-corrected chi connectivity index (χ2v) is 7.22. The van der Waals surface area contributed by atoms with E-state index in [1.54, 1.807) is 6.20 Å². The van der Waals surface area contributed by atoms with Crippen LogP contribution < -0.4 is 10.6 Å². The molecule has 1 saturated heterocycles. The van der Waals surface area contributed by atoms with Crippen molar-refractivity contribution in [1.82, 2.24) is 15.2 Å². The van der Waals surface area contributed by atoms with Gasteiger partial charge in [0.25, 0.3) is 0 Å². The SMILES string of the molecule is CCC(CC)C(=O)N1CCC(NC(=O)Nc2ncc(C)s2)CC1. The number of aromatic nitrogens is 1. The van der Waals surface area contributed by atoms with E-state index in [0.29, 0.717) is 5.13 Å². The van der Waals surface area contributed by atoms with Gasteiger partial charge in [0.1, 0.15) is 0 Å². The number of urea groups is 1. The minimum atomic E-state index is -0.218. The van der Waals surface area contributed by atoms with Gasteiger partial charge in [-0.05, 0) is 32.6 Å². The summed E-state index contributed by atoms with van der Waals surface area (Å²) in [6.07, 6.45) is 5.13. The fourth-order valence-electron chi connectivity index (χ4n) is 2.87. The summed E-state index contributed by atoms with van der Waals surface area (Å²) >= 11 is 1.45. The highest BCUT2D eigenvalue weighted by Crippen LogP contribution is 2.18. The van der Waals surface area contributed by atoms with E-state index in [4.69, 9.17) is 0 Å². The van der Waals surface area contributed by atoms with Crippen molar-refractivity contribution < 1.29 is 9.59 Å². The first-order valence-electron chi connectivity index (χ1n) is 8.32. The van der Waals surface area contributed by atoms with Crippen molar-refractivity contribution in [2.24, 2.45) is 5.92 Å². The number of anilines is 1. The normalized spacial score (nSPS) is 15.7. The first kappa shape index (κ1) is 17.7. The molecule has 2 N–H and O–H groups in total. The molecule has 128 valence electrons. The summed E-state index contributed by atoms with van der Waals surface area (Å²) in [4.78, 5) is 31.4. The molecule has 0 bridgehead atoms. The molecule has 0 radical (unpaired) electrons. The topological polar surface area (TPSA) is 74.3 Å². The van der Waals surface area contributed by atoms with Crippen molar-refractivity contribution >= 4 is 28.4 Å². The Morgan fingerprint density at radius 1 is 1.35 bits per heavy atom. The Hall–Kier alpha value is -1.63. The number of nitrogens with one attached hydrogen (secondary N) is 2. The molecule has 0 aromatic carbocycles. The number of nitrogens with zero attached hydrogens (tertiary/aromatic N) is 2. The quantitative estimate of drug-likeness (QED) is 0.867. The summed E-state index contributed by atoms with van der Waals surface area (Å²) in [6, 6.07) is -0.106. The molecule has 0 aliphatic carbocycles. The number of aryl methyl sites for hydroxylation is 1. The van der Waals surface area contributed by atoms with E-state index >= 15 is 0 Å². The number of carbonyl (C=O) groups excluding carboxylic acids is 2. The number of amides is 3. The van der Waals surface area contributed by atoms with Crippen LogP contribution in [0.2, 0.25) is 0 Å². The number of likely N-dealkylation sites (tertiary alicyclic amines) is 1. The van der Waals surface area contributed by atoms with E-state index < -0.39 is 0 Å². The van der Waals surface area contributed by atoms with Gasteiger partial charge in [-0.1, -0.05) is 13.8 Å². The number of hydrogen-bond acceptors (Lipinski definition) is 4. The molecule has 1 aromatic rings. The van der Waals surface area contributed by atoms with Crippen LogP contribution in [0.25, 0.3) is 0 Å². The van der Waals surface area contributed by atoms with Crippen molar-refractivity contribution in [1.29, 1.82) is 0 Å². The minimum absolute atomic E-state index is 0.113. The van der Waals surface area contributed by atoms with Gasteiger partial charge in [-0.3, -0.25) is 10.1 Å². The number of thiazole rings is 1. The number of hydrogen-bond donors (Lipinski definition) is 2. The average Bonchev–Trinajstić information content (AvgIpc) is 2.94. The highest BCUT2D eigenvalue weighted by atomic mass is 32.1. The lowest BCUT2D eigenvalue weighted by molar-refractivity contribution is -0.136. The molecule has 1 aliphatic rings. The van der Waals surface area contributed by atoms with Crippen molar-refractivity contribution in [3.63, 3.8) is 0 Å². The van der Waals surface area contributed by atoms with E-state index in [1.165, 1.54) is 11.3 Å². The predicted molar refractivity (Wildman–Crippen MR) is 92.7 cm³/mol. The van der Waals surface area contributed by atoms with E-state index in [0.717, 1.165) is 43.6 Å². The molecular formula is C16H26N4O2S. The van der Waals surface area contributed by atoms with Crippen LogP contribution in [-0.4, -0.2) is 41.0 Å². The molecule has 3 amide bonds. The van der Waals surface area contributed by atoms with Crippen molar-refractivity contribution in [3.8, 4) is 0 Å². The van der Waals surface area contributed by atoms with E-state index in [1.807, 2.05) is 11.8 Å². The Balaban J connectivity index is 1.76. The third-order valence-electron chi connectivity index (χ3n) is 4.32. The van der Waals surface area contributed by atoms with E-state index in [2.05, 4.69) is 29.5 Å². The smallest absolute Gasteiger partial charge is 0.321 e. The maximum absolute atomic E-state index is 12.4. The Labute approximate surface area is 141 Å². The lowest BCUT2D eigenvalue weighted by Crippen LogP contribution is -2.48. The van der Waals surface area contributed by atoms with Crippen molar-refractivity contribution in [2.45, 2.75) is 52.5 Å². The van der Waals surface area contributed by atoms with Crippen LogP contribution in [-0.2, 0) is 4.79 Å². The fourth-order valence-corrected chi connectivity index (χ4v) is 3.53. The summed E-state index contributed by atoms with van der Waals surface area (Å²) in [5.74, 6) is 0.395. The van der Waals surface area contributed by atoms with Gasteiger partial charge in [-0.2, -0.15) is 0 Å². The fraction of sp³-hybridized carbons (Fsp3) is 0.688. The van der Waals surface area contributed by atoms with Crippen LogP contribution in [0.3, 0.4) is 0 Å². The number of carbonyl (C=O) groups is 2. The third-order valence-corrected chi connectivity index (χ3v) is 5.15. The Morgan fingerprint density at radius 2 is 2.00 bits per heavy atom. The van der Waals surface area contributed by atoms with Gasteiger partial charge in [0.15, 0.2) is 5.13 Å². The summed E-state index contributed by atoms with van der Waals surface area (Å²) < 4.78 is 0. The molecule has 6 nitrogen and oxygen atoms in total. The van der Waals surface area contributed by atoms with Crippen LogP contribution >= 0.6 is 11.3 Å². The van der Waals surface area contributed by atoms with Gasteiger partial charge < -0.3 is 10.2 Å². The molecule has 0 atom stereocenters. The Kier molecular flexibility index (Phi) is 6.38. The second-order valence-electron chi connectivity index (χ2n) is 5.99. The predicted octanol–water partition coefficient (Wildman–Crippen LogP) is 3.00. The standard InChI is InChI=1S/C16H26N4O2S/c1-4-12(5-2)14(21)20-8-6-13(7-9-20)18-15(22)19-16-17-10-11(3)23-16/h10,12-13H,4-9H2,1-3H3,(H2,17,18,19,22). The largest absolute Gasteiger partial charge is 0.342 e. The molecule has 23 heavy (non-hydrogen) atoms. The molecule has 0 spiro atoms. The minimum Gasteiger partial charge on any atom is -0.342 e. The lowest BCUT2D eigenvalue weighted by atomic mass is 9.98. The number of rotatable bonds is 5. The average molecular weight is 338 g/mol. The molecular weight excluding hydrogens is 312 g/mol. The first-order chi connectivity index (χ1) is 11.0. The lowest BCUT2D eigenvalue weighted by Gasteiger charge is -2.34. The van der Waals surface area contributed by atoms with Gasteiger partial charge >= 0.3 is 6.03 Å². The molecule has 1 fully saturated rings. The van der Waals surface area contributed by atoms with Gasteiger partial charge in [0.05, 0.1) is 0 Å². The second kappa shape index (κ2) is 8.29. The summed E-state index contributed by atoms with van der Waals surface area (Å²) in [7, 11) is 0. The highest BCUT2D eigenvalue weighted by molar-refractivity contribution is 7.15. The summed E-state index contributed by atoms with van der Waals surface area (Å²) in [5.41, 5.74) is 0. The summed E-state index contributed by atoms with van der Waals surface area (Å²) in [6.45, 7) is 7.51. The number of piperidine rings is 1. The van der Waals surface area contributed by atoms with Crippen LogP contribution in [0, 0.1) is 12.8 Å². The van der Waals surface area contributed by atoms with Crippen LogP contribution in [0.1, 0.15) is 44.4 Å². The van der Waals surface area contributed by atoms with E-state index in [9.17, 15) is 9.59 Å². The maximum atomic E-state index is 12.4. The first-order valence-corrected chi connectivity index (χ1v) is 9.13. The van der Waals surface area contributed by atoms with Crippen molar-refractivity contribution in [2.75, 3.05) is 18.4 Å². The highest BCUT2D eigenvalue weighted by Gasteiger charge is 2.27. The van der Waals surface area contributed by atoms with Crippen LogP contribution in [0.5, 0.6) is 0 Å². The molecule has 1 aromatic heterocycles. The van der Waals surface area contributed by atoms with Crippen LogP contribution in [0.15, 0.2) is 6.20 Å². The Bertz CT molecular complexity index is 534. The monoisotopic (exact) mass is 338 g/mol. The summed E-state index contributed by atoms with van der Waals surface area (Å²) in [5, 5.41) is 6.34. The molecule has 1 aliphatic heterocycles. The molecule has 0 saturated carbocycles. The zero-order valence-electron chi connectivity index (χ0n) is 14.1. The maximum Gasteiger partial charge on any atom is 0.321 e. The van der Waals surface area contributed by atoms with Gasteiger partial charge in [-0.15, -0.1) is 11.3 Å². The Morgan fingerprint density at radius 3 is 2.52 bits per heavy atom.